The average molecular weight is 313 g/mol. The standard InChI is InChI=1S/C12H13BrN2O3/c13-7-1-2-8(10(16)17)9(5-7)15-11(18)12(6-14)3-4-12/h1-2,5H,3-4,6,14H2,(H,15,18)(H,16,17). The van der Waals surface area contributed by atoms with Crippen molar-refractivity contribution in [3.05, 3.63) is 28.2 Å². The first kappa shape index (κ1) is 13.0. The van der Waals surface area contributed by atoms with E-state index in [1.165, 1.54) is 6.07 Å². The Kier molecular flexibility index (Phi) is 3.41. The minimum Gasteiger partial charge on any atom is -0.478 e. The molecule has 1 aliphatic rings. The predicted octanol–water partition coefficient (Wildman–Crippen LogP) is 1.82. The highest BCUT2D eigenvalue weighted by Gasteiger charge is 2.48. The number of nitrogens with two attached hydrogens (primary N) is 1. The molecular formula is C12H13BrN2O3. The van der Waals surface area contributed by atoms with Gasteiger partial charge < -0.3 is 16.2 Å². The molecule has 0 unspecified atom stereocenters. The van der Waals surface area contributed by atoms with Crippen molar-refractivity contribution in [1.82, 2.24) is 0 Å². The Balaban J connectivity index is 2.25. The number of carboxylic acids is 1. The lowest BCUT2D eigenvalue weighted by Gasteiger charge is -2.14. The van der Waals surface area contributed by atoms with E-state index in [4.69, 9.17) is 10.8 Å². The molecule has 0 saturated heterocycles. The van der Waals surface area contributed by atoms with E-state index in [-0.39, 0.29) is 18.0 Å². The van der Waals surface area contributed by atoms with Crippen molar-refractivity contribution in [3.63, 3.8) is 0 Å². The number of rotatable bonds is 4. The number of hydrogen-bond acceptors (Lipinski definition) is 3. The summed E-state index contributed by atoms with van der Waals surface area (Å²) >= 11 is 3.25. The Bertz CT molecular complexity index is 512. The van der Waals surface area contributed by atoms with Gasteiger partial charge in [0.05, 0.1) is 16.7 Å². The second kappa shape index (κ2) is 4.70. The molecule has 1 fully saturated rings. The number of anilines is 1. The summed E-state index contributed by atoms with van der Waals surface area (Å²) in [7, 11) is 0. The summed E-state index contributed by atoms with van der Waals surface area (Å²) in [6.45, 7) is 0.287. The Hall–Kier alpha value is -1.40. The largest absolute Gasteiger partial charge is 0.478 e. The first-order valence-electron chi connectivity index (χ1n) is 5.53. The molecule has 0 aliphatic heterocycles. The molecular weight excluding hydrogens is 300 g/mol. The Morgan fingerprint density at radius 2 is 2.11 bits per heavy atom. The Morgan fingerprint density at radius 3 is 2.61 bits per heavy atom. The van der Waals surface area contributed by atoms with E-state index < -0.39 is 11.4 Å². The number of benzene rings is 1. The highest BCUT2D eigenvalue weighted by atomic mass is 79.9. The number of carbonyl (C=O) groups is 2. The Labute approximate surface area is 112 Å². The highest BCUT2D eigenvalue weighted by molar-refractivity contribution is 9.10. The quantitative estimate of drug-likeness (QED) is 0.790. The molecule has 1 aliphatic carbocycles. The van der Waals surface area contributed by atoms with Crippen molar-refractivity contribution in [3.8, 4) is 0 Å². The normalized spacial score (nSPS) is 16.1. The minimum absolute atomic E-state index is 0.0689. The maximum absolute atomic E-state index is 12.0. The molecule has 0 heterocycles. The molecule has 5 nitrogen and oxygen atoms in total. The van der Waals surface area contributed by atoms with E-state index in [9.17, 15) is 9.59 Å². The molecule has 0 radical (unpaired) electrons. The molecule has 4 N–H and O–H groups in total. The Morgan fingerprint density at radius 1 is 1.44 bits per heavy atom. The summed E-state index contributed by atoms with van der Waals surface area (Å²) in [5.41, 5.74) is 5.42. The van der Waals surface area contributed by atoms with E-state index in [1.807, 2.05) is 0 Å². The van der Waals surface area contributed by atoms with Crippen molar-refractivity contribution < 1.29 is 14.7 Å². The third-order valence-corrected chi connectivity index (χ3v) is 3.68. The van der Waals surface area contributed by atoms with Crippen molar-refractivity contribution in [2.75, 3.05) is 11.9 Å². The molecule has 2 rings (SSSR count). The van der Waals surface area contributed by atoms with Crippen LogP contribution in [0.5, 0.6) is 0 Å². The molecule has 1 amide bonds. The number of carboxylic acid groups (broad SMARTS) is 1. The first-order chi connectivity index (χ1) is 8.48. The lowest BCUT2D eigenvalue weighted by Crippen LogP contribution is -2.31. The number of halogens is 1. The zero-order valence-corrected chi connectivity index (χ0v) is 11.2. The van der Waals surface area contributed by atoms with Gasteiger partial charge in [-0.3, -0.25) is 4.79 Å². The molecule has 1 aromatic carbocycles. The van der Waals surface area contributed by atoms with Gasteiger partial charge in [0.1, 0.15) is 0 Å². The van der Waals surface area contributed by atoms with Crippen molar-refractivity contribution in [2.45, 2.75) is 12.8 Å². The first-order valence-corrected chi connectivity index (χ1v) is 6.32. The van der Waals surface area contributed by atoms with E-state index in [0.717, 1.165) is 12.8 Å². The van der Waals surface area contributed by atoms with Crippen molar-refractivity contribution >= 4 is 33.5 Å². The summed E-state index contributed by atoms with van der Waals surface area (Å²) in [5.74, 6) is -1.28. The minimum atomic E-state index is -1.07. The van der Waals surface area contributed by atoms with Gasteiger partial charge in [0.15, 0.2) is 0 Å². The highest BCUT2D eigenvalue weighted by Crippen LogP contribution is 2.45. The van der Waals surface area contributed by atoms with Crippen LogP contribution in [0.4, 0.5) is 5.69 Å². The third kappa shape index (κ3) is 2.39. The van der Waals surface area contributed by atoms with E-state index >= 15 is 0 Å². The maximum Gasteiger partial charge on any atom is 0.337 e. The van der Waals surface area contributed by atoms with Crippen LogP contribution < -0.4 is 11.1 Å². The van der Waals surface area contributed by atoms with Crippen LogP contribution in [0.1, 0.15) is 23.2 Å². The lowest BCUT2D eigenvalue weighted by atomic mass is 10.1. The number of amides is 1. The zero-order chi connectivity index (χ0) is 13.3. The van der Waals surface area contributed by atoms with Gasteiger partial charge in [-0.15, -0.1) is 0 Å². The number of hydrogen-bond donors (Lipinski definition) is 3. The van der Waals surface area contributed by atoms with Crippen LogP contribution in [0.3, 0.4) is 0 Å². The molecule has 1 aromatic rings. The second-order valence-corrected chi connectivity index (χ2v) is 5.35. The van der Waals surface area contributed by atoms with Crippen LogP contribution in [0, 0.1) is 5.41 Å². The van der Waals surface area contributed by atoms with Gasteiger partial charge in [0.25, 0.3) is 0 Å². The molecule has 18 heavy (non-hydrogen) atoms. The average Bonchev–Trinajstić information content (AvgIpc) is 3.09. The molecule has 1 saturated carbocycles. The smallest absolute Gasteiger partial charge is 0.337 e. The summed E-state index contributed by atoms with van der Waals surface area (Å²) in [6, 6.07) is 4.65. The number of nitrogens with one attached hydrogen (secondary N) is 1. The van der Waals surface area contributed by atoms with Crippen LogP contribution in [0.2, 0.25) is 0 Å². The molecule has 0 aromatic heterocycles. The summed E-state index contributed by atoms with van der Waals surface area (Å²) < 4.78 is 0.709. The fraction of sp³-hybridized carbons (Fsp3) is 0.333. The molecule has 0 bridgehead atoms. The zero-order valence-electron chi connectivity index (χ0n) is 9.57. The van der Waals surface area contributed by atoms with E-state index in [2.05, 4.69) is 21.2 Å². The lowest BCUT2D eigenvalue weighted by molar-refractivity contribution is -0.120. The van der Waals surface area contributed by atoms with Gasteiger partial charge in [-0.05, 0) is 31.0 Å². The van der Waals surface area contributed by atoms with E-state index in [1.54, 1.807) is 12.1 Å². The number of carbonyl (C=O) groups excluding carboxylic acids is 1. The topological polar surface area (TPSA) is 92.4 Å². The monoisotopic (exact) mass is 312 g/mol. The van der Waals surface area contributed by atoms with Gasteiger partial charge >= 0.3 is 5.97 Å². The van der Waals surface area contributed by atoms with Crippen LogP contribution in [-0.2, 0) is 4.79 Å². The third-order valence-electron chi connectivity index (χ3n) is 3.19. The van der Waals surface area contributed by atoms with E-state index in [0.29, 0.717) is 10.2 Å². The molecule has 0 atom stereocenters. The van der Waals surface area contributed by atoms with Crippen molar-refractivity contribution in [2.24, 2.45) is 11.1 Å². The van der Waals surface area contributed by atoms with Crippen molar-refractivity contribution in [1.29, 1.82) is 0 Å². The predicted molar refractivity (Wildman–Crippen MR) is 70.5 cm³/mol. The van der Waals surface area contributed by atoms with Gasteiger partial charge in [0, 0.05) is 11.0 Å². The summed E-state index contributed by atoms with van der Waals surface area (Å²) in [5, 5.41) is 11.7. The second-order valence-electron chi connectivity index (χ2n) is 4.43. The number of aromatic carboxylic acids is 1. The molecule has 6 heteroatoms. The molecule has 0 spiro atoms. The van der Waals surface area contributed by atoms with Gasteiger partial charge in [-0.1, -0.05) is 15.9 Å². The van der Waals surface area contributed by atoms with Crippen LogP contribution >= 0.6 is 15.9 Å². The van der Waals surface area contributed by atoms with Crippen LogP contribution in [0.15, 0.2) is 22.7 Å². The van der Waals surface area contributed by atoms with Gasteiger partial charge in [-0.25, -0.2) is 4.79 Å². The molecule has 96 valence electrons. The van der Waals surface area contributed by atoms with Gasteiger partial charge in [-0.2, -0.15) is 0 Å². The van der Waals surface area contributed by atoms with Gasteiger partial charge in [0.2, 0.25) is 5.91 Å². The van der Waals surface area contributed by atoms with Crippen LogP contribution in [-0.4, -0.2) is 23.5 Å². The fourth-order valence-corrected chi connectivity index (χ4v) is 2.10. The van der Waals surface area contributed by atoms with Crippen LogP contribution in [0.25, 0.3) is 0 Å². The SMILES string of the molecule is NCC1(C(=O)Nc2cc(Br)ccc2C(=O)O)CC1. The fourth-order valence-electron chi connectivity index (χ4n) is 1.74. The maximum atomic E-state index is 12.0. The summed E-state index contributed by atoms with van der Waals surface area (Å²) in [4.78, 5) is 23.1. The summed E-state index contributed by atoms with van der Waals surface area (Å²) in [6.07, 6.45) is 1.51.